The van der Waals surface area contributed by atoms with Crippen LogP contribution in [-0.2, 0) is 36.9 Å². The first kappa shape index (κ1) is 52.7. The summed E-state index contributed by atoms with van der Waals surface area (Å²) in [6.45, 7) is 47.9. The SMILES string of the molecule is CON(C)C(=O)C[C@H](O[Si](C)(C)C(C)(C)C)[C@H](CO[Si](C)(C)C(C)(C)C)C(=O)[C@H](CO[Si](C)(C)C(C)(C)C)[C@H](O[Si](C)(C)C(C)(C)C)C1(C)O[C@@H]1[C@@H](C)CO. The van der Waals surface area contributed by atoms with Crippen LogP contribution in [0.15, 0.2) is 0 Å². The van der Waals surface area contributed by atoms with Gasteiger partial charge in [0.2, 0.25) is 5.91 Å². The summed E-state index contributed by atoms with van der Waals surface area (Å²) in [5.74, 6) is -2.16. The van der Waals surface area contributed by atoms with Crippen LogP contribution in [0.4, 0.5) is 0 Å². The van der Waals surface area contributed by atoms with E-state index in [1.807, 2.05) is 13.8 Å². The maximum Gasteiger partial charge on any atom is 0.248 e. The van der Waals surface area contributed by atoms with Gasteiger partial charge < -0.3 is 27.5 Å². The topological polar surface area (TPSA) is 116 Å². The number of hydrogen-bond acceptors (Lipinski definition) is 9. The normalized spacial score (nSPS) is 22.2. The van der Waals surface area contributed by atoms with Crippen LogP contribution in [0.5, 0.6) is 0 Å². The van der Waals surface area contributed by atoms with Gasteiger partial charge in [-0.3, -0.25) is 14.4 Å². The van der Waals surface area contributed by atoms with Crippen molar-refractivity contribution in [2.24, 2.45) is 17.8 Å². The lowest BCUT2D eigenvalue weighted by Crippen LogP contribution is -2.57. The van der Waals surface area contributed by atoms with Gasteiger partial charge in [0, 0.05) is 32.8 Å². The minimum atomic E-state index is -2.56. The second-order valence-electron chi connectivity index (χ2n) is 22.6. The smallest absolute Gasteiger partial charge is 0.248 e. The van der Waals surface area contributed by atoms with E-state index in [-0.39, 0.29) is 70.1 Å². The molecule has 1 N–H and O–H groups in total. The molecule has 1 fully saturated rings. The molecule has 1 aliphatic heterocycles. The molecular formula is C41H87NO9Si4. The minimum Gasteiger partial charge on any atom is -0.416 e. The van der Waals surface area contributed by atoms with E-state index in [1.54, 1.807) is 7.05 Å². The molecule has 0 aromatic carbocycles. The van der Waals surface area contributed by atoms with Crippen LogP contribution in [0.25, 0.3) is 0 Å². The van der Waals surface area contributed by atoms with E-state index in [1.165, 1.54) is 12.2 Å². The highest BCUT2D eigenvalue weighted by Crippen LogP contribution is 2.51. The number of ether oxygens (including phenoxy) is 1. The van der Waals surface area contributed by atoms with Crippen molar-refractivity contribution < 1.29 is 42.0 Å². The minimum absolute atomic E-state index is 0.0489. The second kappa shape index (κ2) is 18.1. The summed E-state index contributed by atoms with van der Waals surface area (Å²) in [7, 11) is -6.84. The maximum atomic E-state index is 16.1. The Hall–Kier alpha value is -0.272. The Morgan fingerprint density at radius 3 is 1.45 bits per heavy atom. The van der Waals surface area contributed by atoms with Crippen LogP contribution >= 0.6 is 0 Å². The molecule has 1 amide bonds. The zero-order valence-electron chi connectivity index (χ0n) is 40.0. The number of hydrogen-bond donors (Lipinski definition) is 1. The summed E-state index contributed by atoms with van der Waals surface area (Å²) >= 11 is 0. The molecule has 10 nitrogen and oxygen atoms in total. The lowest BCUT2D eigenvalue weighted by Gasteiger charge is -2.46. The summed E-state index contributed by atoms with van der Waals surface area (Å²) in [5, 5.41) is 10.9. The number of amides is 1. The fraction of sp³-hybridized carbons (Fsp3) is 0.951. The van der Waals surface area contributed by atoms with Crippen molar-refractivity contribution >= 4 is 45.0 Å². The van der Waals surface area contributed by atoms with Gasteiger partial charge in [-0.25, -0.2) is 5.06 Å². The standard InChI is InChI=1S/C41H87NO9Si4/c1-29(26-43)35-41(14,49-35)36(51-55(23,24)40(11,12)13)31(28-48-53(19,20)38(5,6)7)34(45)30(27-47-52(17,18)37(2,3)4)32(25-33(44)42(15)46-16)50-54(21,22)39(8,9)10/h29-32,35-36,43H,25-28H2,1-24H3/t29-,30-,31-,32-,35+,36-,41?/m0/s1. The number of hydroxylamine groups is 2. The molecule has 0 aliphatic carbocycles. The van der Waals surface area contributed by atoms with Gasteiger partial charge in [0.25, 0.3) is 0 Å². The van der Waals surface area contributed by atoms with Gasteiger partial charge >= 0.3 is 0 Å². The van der Waals surface area contributed by atoms with Crippen molar-refractivity contribution in [1.82, 2.24) is 5.06 Å². The number of aliphatic hydroxyl groups is 1. The van der Waals surface area contributed by atoms with Crippen LogP contribution < -0.4 is 0 Å². The Labute approximate surface area is 342 Å². The first-order valence-corrected chi connectivity index (χ1v) is 32.1. The molecule has 1 aliphatic rings. The zero-order chi connectivity index (χ0) is 43.8. The number of nitrogens with zero attached hydrogens (tertiary/aromatic N) is 1. The Morgan fingerprint density at radius 1 is 0.709 bits per heavy atom. The summed E-state index contributed by atoms with van der Waals surface area (Å²) < 4.78 is 35.1. The summed E-state index contributed by atoms with van der Waals surface area (Å²) in [6, 6.07) is 0. The second-order valence-corrected chi connectivity index (χ2v) is 41.8. The Morgan fingerprint density at radius 2 is 1.09 bits per heavy atom. The monoisotopic (exact) mass is 850 g/mol. The van der Waals surface area contributed by atoms with E-state index in [0.29, 0.717) is 0 Å². The Bertz CT molecular complexity index is 1280. The third-order valence-corrected chi connectivity index (χ3v) is 32.1. The van der Waals surface area contributed by atoms with Crippen molar-refractivity contribution in [3.8, 4) is 0 Å². The van der Waals surface area contributed by atoms with E-state index >= 15 is 4.79 Å². The summed E-state index contributed by atoms with van der Waals surface area (Å²) in [4.78, 5) is 35.2. The number of Topliss-reactive ketones (excluding diaryl/α,β-unsaturated/α-hetero) is 1. The molecule has 0 aromatic heterocycles. The first-order valence-electron chi connectivity index (χ1n) is 20.5. The highest BCUT2D eigenvalue weighted by Gasteiger charge is 2.65. The zero-order valence-corrected chi connectivity index (χ0v) is 44.0. The molecule has 14 heteroatoms. The average Bonchev–Trinajstić information content (AvgIpc) is 3.69. The van der Waals surface area contributed by atoms with E-state index in [9.17, 15) is 9.90 Å². The number of carbonyl (C=O) groups excluding carboxylic acids is 2. The lowest BCUT2D eigenvalue weighted by atomic mass is 9.79. The predicted molar refractivity (Wildman–Crippen MR) is 236 cm³/mol. The van der Waals surface area contributed by atoms with Crippen LogP contribution in [0.3, 0.4) is 0 Å². The maximum absolute atomic E-state index is 16.1. The molecule has 0 saturated carbocycles. The largest absolute Gasteiger partial charge is 0.416 e. The first-order chi connectivity index (χ1) is 24.2. The molecule has 1 unspecified atom stereocenters. The van der Waals surface area contributed by atoms with Crippen LogP contribution in [-0.4, -0.2) is 113 Å². The molecule has 7 atom stereocenters. The van der Waals surface area contributed by atoms with E-state index in [2.05, 4.69) is 135 Å². The summed E-state index contributed by atoms with van der Waals surface area (Å²) in [5.41, 5.74) is -0.860. The van der Waals surface area contributed by atoms with Crippen molar-refractivity contribution in [3.05, 3.63) is 0 Å². The van der Waals surface area contributed by atoms with Gasteiger partial charge in [-0.1, -0.05) is 90.0 Å². The summed E-state index contributed by atoms with van der Waals surface area (Å²) in [6.07, 6.45) is -1.86. The Balaban J connectivity index is 4.29. The van der Waals surface area contributed by atoms with Gasteiger partial charge in [0.1, 0.15) is 11.4 Å². The number of ketones is 1. The molecule has 1 rings (SSSR count). The number of epoxide rings is 1. The molecule has 0 bridgehead atoms. The van der Waals surface area contributed by atoms with Crippen molar-refractivity contribution in [3.63, 3.8) is 0 Å². The van der Waals surface area contributed by atoms with Crippen molar-refractivity contribution in [1.29, 1.82) is 0 Å². The van der Waals surface area contributed by atoms with Gasteiger partial charge in [0.15, 0.2) is 33.3 Å². The molecule has 0 spiro atoms. The molecular weight excluding hydrogens is 763 g/mol. The van der Waals surface area contributed by atoms with Crippen LogP contribution in [0.1, 0.15) is 103 Å². The third kappa shape index (κ3) is 13.1. The highest BCUT2D eigenvalue weighted by atomic mass is 28.4. The quantitative estimate of drug-likeness (QED) is 0.0726. The third-order valence-electron chi connectivity index (χ3n) is 14.1. The number of rotatable bonds is 20. The van der Waals surface area contributed by atoms with Gasteiger partial charge in [-0.15, -0.1) is 0 Å². The fourth-order valence-electron chi connectivity index (χ4n) is 5.56. The van der Waals surface area contributed by atoms with E-state index in [0.717, 1.165) is 0 Å². The molecule has 1 heterocycles. The van der Waals surface area contributed by atoms with Gasteiger partial charge in [-0.2, -0.15) is 0 Å². The number of carbonyl (C=O) groups is 2. The van der Waals surface area contributed by atoms with Crippen LogP contribution in [0, 0.1) is 17.8 Å². The number of aliphatic hydroxyl groups excluding tert-OH is 1. The average molecular weight is 850 g/mol. The van der Waals surface area contributed by atoms with Crippen LogP contribution in [0.2, 0.25) is 72.5 Å². The molecule has 1 saturated heterocycles. The lowest BCUT2D eigenvalue weighted by molar-refractivity contribution is -0.171. The fourth-order valence-corrected chi connectivity index (χ4v) is 10.4. The van der Waals surface area contributed by atoms with E-state index in [4.69, 9.17) is 27.3 Å². The molecule has 0 radical (unpaired) electrons. The van der Waals surface area contributed by atoms with Crippen molar-refractivity contribution in [2.75, 3.05) is 34.0 Å². The molecule has 55 heavy (non-hydrogen) atoms. The highest BCUT2D eigenvalue weighted by molar-refractivity contribution is 6.75. The van der Waals surface area contributed by atoms with Gasteiger partial charge in [-0.05, 0) is 79.5 Å². The Kier molecular flexibility index (Phi) is 17.4. The van der Waals surface area contributed by atoms with E-state index < -0.39 is 62.9 Å². The molecule has 326 valence electrons. The predicted octanol–water partition coefficient (Wildman–Crippen LogP) is 9.81. The van der Waals surface area contributed by atoms with Crippen molar-refractivity contribution in [2.45, 2.75) is 200 Å². The molecule has 0 aromatic rings. The van der Waals surface area contributed by atoms with Gasteiger partial charge in [0.05, 0.1) is 43.7 Å².